The topological polar surface area (TPSA) is 84.8 Å². The summed E-state index contributed by atoms with van der Waals surface area (Å²) < 4.78 is 17.3. The van der Waals surface area contributed by atoms with Gasteiger partial charge in [0.2, 0.25) is 0 Å². The minimum Gasteiger partial charge on any atom is -0.381 e. The molecule has 0 atom stereocenters. The smallest absolute Gasteiger partial charge is 0.183 e. The number of halogens is 1. The minimum absolute atomic E-state index is 0.0949. The van der Waals surface area contributed by atoms with Gasteiger partial charge in [0.1, 0.15) is 5.82 Å². The Balaban J connectivity index is 0.000000171. The number of nitriles is 1. The molecule has 0 saturated carbocycles. The molecule has 5 nitrogen and oxygen atoms in total. The highest BCUT2D eigenvalue weighted by molar-refractivity contribution is 5.27. The fourth-order valence-electron chi connectivity index (χ4n) is 1.30. The van der Waals surface area contributed by atoms with E-state index in [-0.39, 0.29) is 11.7 Å². The Kier molecular flexibility index (Phi) is 5.30. The van der Waals surface area contributed by atoms with Crippen LogP contribution in [0.3, 0.4) is 0 Å². The Morgan fingerprint density at radius 1 is 1.53 bits per heavy atom. The normalized spacial score (nSPS) is 15.6. The van der Waals surface area contributed by atoms with Gasteiger partial charge in [-0.15, -0.1) is 0 Å². The first-order valence-electron chi connectivity index (χ1n) is 5.35. The van der Waals surface area contributed by atoms with Crippen LogP contribution < -0.4 is 5.73 Å². The van der Waals surface area contributed by atoms with Crippen molar-refractivity contribution in [3.8, 4) is 6.07 Å². The van der Waals surface area contributed by atoms with E-state index in [0.717, 1.165) is 32.3 Å². The van der Waals surface area contributed by atoms with Gasteiger partial charge in [0.05, 0.1) is 18.2 Å². The van der Waals surface area contributed by atoms with Gasteiger partial charge in [-0.05, 0) is 19.8 Å². The standard InChI is InChI=1S/C6H9NO.C5H6FN3/c7-5-6-1-3-8-4-2-6;1-3-8-2-4(6)5(7)9-3/h6H,1-4H2;2H,1H3,(H2,7,8,9). The number of ether oxygens (including phenoxy) is 1. The number of hydrogen-bond donors (Lipinski definition) is 1. The van der Waals surface area contributed by atoms with Crippen LogP contribution >= 0.6 is 0 Å². The molecule has 17 heavy (non-hydrogen) atoms. The van der Waals surface area contributed by atoms with Crippen LogP contribution in [0.2, 0.25) is 0 Å². The van der Waals surface area contributed by atoms with Gasteiger partial charge >= 0.3 is 0 Å². The third-order valence-corrected chi connectivity index (χ3v) is 2.30. The van der Waals surface area contributed by atoms with Crippen molar-refractivity contribution in [1.82, 2.24) is 9.97 Å². The molecule has 2 heterocycles. The molecule has 0 aliphatic carbocycles. The molecule has 92 valence electrons. The minimum atomic E-state index is -0.569. The van der Waals surface area contributed by atoms with Crippen molar-refractivity contribution in [2.24, 2.45) is 5.92 Å². The number of nitrogens with zero attached hydrogens (tertiary/aromatic N) is 3. The summed E-state index contributed by atoms with van der Waals surface area (Å²) in [6, 6.07) is 2.22. The number of hydrogen-bond acceptors (Lipinski definition) is 5. The van der Waals surface area contributed by atoms with Gasteiger partial charge in [0, 0.05) is 13.2 Å². The van der Waals surface area contributed by atoms with E-state index in [1.165, 1.54) is 0 Å². The maximum atomic E-state index is 12.2. The Labute approximate surface area is 99.4 Å². The van der Waals surface area contributed by atoms with E-state index in [4.69, 9.17) is 15.7 Å². The number of nitrogens with two attached hydrogens (primary N) is 1. The summed E-state index contributed by atoms with van der Waals surface area (Å²) >= 11 is 0. The Hall–Kier alpha value is -1.74. The van der Waals surface area contributed by atoms with Crippen LogP contribution in [0.15, 0.2) is 6.20 Å². The predicted octanol–water partition coefficient (Wildman–Crippen LogP) is 1.44. The fraction of sp³-hybridized carbons (Fsp3) is 0.545. The van der Waals surface area contributed by atoms with Crippen LogP contribution in [0.25, 0.3) is 0 Å². The van der Waals surface area contributed by atoms with E-state index in [1.54, 1.807) is 6.92 Å². The lowest BCUT2D eigenvalue weighted by Crippen LogP contribution is -2.13. The molecule has 0 amide bonds. The van der Waals surface area contributed by atoms with Crippen LogP contribution in [0.5, 0.6) is 0 Å². The molecule has 1 fully saturated rings. The zero-order valence-electron chi connectivity index (χ0n) is 9.69. The lowest BCUT2D eigenvalue weighted by Gasteiger charge is -2.14. The molecule has 0 aromatic carbocycles. The van der Waals surface area contributed by atoms with E-state index < -0.39 is 5.82 Å². The lowest BCUT2D eigenvalue weighted by atomic mass is 10.0. The third kappa shape index (κ3) is 4.74. The second-order valence-corrected chi connectivity index (χ2v) is 3.67. The highest BCUT2D eigenvalue weighted by Crippen LogP contribution is 2.12. The Morgan fingerprint density at radius 3 is 2.59 bits per heavy atom. The largest absolute Gasteiger partial charge is 0.381 e. The highest BCUT2D eigenvalue weighted by Gasteiger charge is 2.11. The van der Waals surface area contributed by atoms with Crippen LogP contribution in [0.4, 0.5) is 10.2 Å². The molecule has 1 aromatic heterocycles. The monoisotopic (exact) mass is 238 g/mol. The van der Waals surface area contributed by atoms with Crippen molar-refractivity contribution >= 4 is 5.82 Å². The van der Waals surface area contributed by atoms with Gasteiger partial charge in [0.25, 0.3) is 0 Å². The summed E-state index contributed by atoms with van der Waals surface area (Å²) in [5.41, 5.74) is 5.09. The van der Waals surface area contributed by atoms with Crippen LogP contribution in [-0.4, -0.2) is 23.2 Å². The van der Waals surface area contributed by atoms with E-state index in [0.29, 0.717) is 5.82 Å². The van der Waals surface area contributed by atoms with Gasteiger partial charge < -0.3 is 10.5 Å². The quantitative estimate of drug-likeness (QED) is 0.739. The molecule has 0 radical (unpaired) electrons. The van der Waals surface area contributed by atoms with Crippen LogP contribution in [0, 0.1) is 30.0 Å². The molecule has 2 rings (SSSR count). The average Bonchev–Trinajstić information content (AvgIpc) is 2.36. The van der Waals surface area contributed by atoms with Gasteiger partial charge in [-0.2, -0.15) is 5.26 Å². The summed E-state index contributed by atoms with van der Waals surface area (Å²) in [6.07, 6.45) is 2.91. The van der Waals surface area contributed by atoms with Gasteiger partial charge in [-0.25, -0.2) is 14.4 Å². The van der Waals surface area contributed by atoms with Gasteiger partial charge in [-0.3, -0.25) is 0 Å². The second-order valence-electron chi connectivity index (χ2n) is 3.67. The first-order chi connectivity index (χ1) is 8.13. The van der Waals surface area contributed by atoms with Crippen molar-refractivity contribution in [2.75, 3.05) is 18.9 Å². The van der Waals surface area contributed by atoms with Crippen LogP contribution in [0.1, 0.15) is 18.7 Å². The van der Waals surface area contributed by atoms with Gasteiger partial charge in [0.15, 0.2) is 11.6 Å². The fourth-order valence-corrected chi connectivity index (χ4v) is 1.30. The number of aromatic nitrogens is 2. The number of rotatable bonds is 0. The third-order valence-electron chi connectivity index (χ3n) is 2.30. The van der Waals surface area contributed by atoms with Crippen LogP contribution in [-0.2, 0) is 4.74 Å². The SMILES string of the molecule is Cc1ncc(F)c(N)n1.N#CC1CCOCC1. The van der Waals surface area contributed by atoms with Crippen molar-refractivity contribution in [2.45, 2.75) is 19.8 Å². The molecule has 0 spiro atoms. The Bertz CT molecular complexity index is 399. The predicted molar refractivity (Wildman–Crippen MR) is 60.3 cm³/mol. The molecule has 1 saturated heterocycles. The molecule has 1 aromatic rings. The summed E-state index contributed by atoms with van der Waals surface area (Å²) in [4.78, 5) is 7.14. The van der Waals surface area contributed by atoms with E-state index in [2.05, 4.69) is 16.0 Å². The molecule has 6 heteroatoms. The number of nitrogen functional groups attached to an aromatic ring is 1. The molecule has 2 N–H and O–H groups in total. The Morgan fingerprint density at radius 2 is 2.18 bits per heavy atom. The zero-order valence-corrected chi connectivity index (χ0v) is 9.69. The molecular formula is C11H15FN4O. The second kappa shape index (κ2) is 6.76. The molecule has 1 aliphatic heterocycles. The average molecular weight is 238 g/mol. The zero-order chi connectivity index (χ0) is 12.7. The maximum absolute atomic E-state index is 12.2. The highest BCUT2D eigenvalue weighted by atomic mass is 19.1. The van der Waals surface area contributed by atoms with E-state index in [1.807, 2.05) is 0 Å². The number of aryl methyl sites for hydroxylation is 1. The molecule has 0 bridgehead atoms. The summed E-state index contributed by atoms with van der Waals surface area (Å²) in [7, 11) is 0. The maximum Gasteiger partial charge on any atom is 0.183 e. The lowest BCUT2D eigenvalue weighted by molar-refractivity contribution is 0.0802. The summed E-state index contributed by atoms with van der Waals surface area (Å²) in [5.74, 6) is 0.0840. The van der Waals surface area contributed by atoms with Crippen molar-refractivity contribution < 1.29 is 9.13 Å². The van der Waals surface area contributed by atoms with Crippen molar-refractivity contribution in [1.29, 1.82) is 5.26 Å². The first-order valence-corrected chi connectivity index (χ1v) is 5.35. The van der Waals surface area contributed by atoms with E-state index in [9.17, 15) is 4.39 Å². The summed E-state index contributed by atoms with van der Waals surface area (Å²) in [5, 5.41) is 8.39. The molecule has 0 unspecified atom stereocenters. The van der Waals surface area contributed by atoms with Crippen molar-refractivity contribution in [3.05, 3.63) is 17.8 Å². The van der Waals surface area contributed by atoms with Gasteiger partial charge in [-0.1, -0.05) is 0 Å². The number of anilines is 1. The molecular weight excluding hydrogens is 223 g/mol. The van der Waals surface area contributed by atoms with Crippen molar-refractivity contribution in [3.63, 3.8) is 0 Å². The van der Waals surface area contributed by atoms with E-state index >= 15 is 0 Å². The summed E-state index contributed by atoms with van der Waals surface area (Å²) in [6.45, 7) is 3.20. The molecule has 1 aliphatic rings. The first kappa shape index (κ1) is 13.3.